The van der Waals surface area contributed by atoms with Gasteiger partial charge in [-0.2, -0.15) is 0 Å². The highest BCUT2D eigenvalue weighted by molar-refractivity contribution is 9.05. The summed E-state index contributed by atoms with van der Waals surface area (Å²) in [5.74, 6) is 1.07. The third kappa shape index (κ3) is 6.79. The van der Waals surface area contributed by atoms with E-state index in [0.29, 0.717) is 0 Å². The Morgan fingerprint density at radius 3 is 2.62 bits per heavy atom. The van der Waals surface area contributed by atoms with Gasteiger partial charge in [0.1, 0.15) is 0 Å². The number of allylic oxidation sites excluding steroid dienone is 1. The molecule has 0 N–H and O–H groups in total. The lowest BCUT2D eigenvalue weighted by Gasteiger charge is -1.87. The first-order valence-electron chi connectivity index (χ1n) is 2.33. The number of thiol groups is 1. The van der Waals surface area contributed by atoms with E-state index in [1.54, 1.807) is 10.8 Å². The molecule has 0 rings (SSSR count). The summed E-state index contributed by atoms with van der Waals surface area (Å²) in [5.41, 5.74) is 1.37. The lowest BCUT2D eigenvalue weighted by Crippen LogP contribution is -1.66. The molecule has 0 aromatic rings. The van der Waals surface area contributed by atoms with E-state index in [1.807, 2.05) is 0 Å². The summed E-state index contributed by atoms with van der Waals surface area (Å²) in [5, 5.41) is 0. The molecule has 0 amide bonds. The minimum atomic E-state index is 1.07. The fourth-order valence-electron chi connectivity index (χ4n) is 0.231. The lowest BCUT2D eigenvalue weighted by molar-refractivity contribution is 1.37. The van der Waals surface area contributed by atoms with Gasteiger partial charge in [0, 0.05) is 5.75 Å². The van der Waals surface area contributed by atoms with Crippen LogP contribution in [0.3, 0.4) is 0 Å². The molecule has 0 aromatic carbocycles. The topological polar surface area (TPSA) is 0 Å². The molecule has 48 valence electrons. The van der Waals surface area contributed by atoms with Crippen molar-refractivity contribution in [3.8, 4) is 0 Å². The van der Waals surface area contributed by atoms with E-state index in [-0.39, 0.29) is 0 Å². The summed E-state index contributed by atoms with van der Waals surface area (Å²) < 4.78 is 0. The Bertz CT molecular complexity index is 73.7. The zero-order valence-electron chi connectivity index (χ0n) is 5.05. The Labute approximate surface area is 63.7 Å². The van der Waals surface area contributed by atoms with Crippen LogP contribution in [0.5, 0.6) is 0 Å². The first kappa shape index (κ1) is 8.79. The van der Waals surface area contributed by atoms with Crippen molar-refractivity contribution in [2.45, 2.75) is 13.8 Å². The molecule has 0 aliphatic rings. The van der Waals surface area contributed by atoms with Crippen LogP contribution in [0, 0.1) is 0 Å². The Balaban J connectivity index is 3.03. The fourth-order valence-corrected chi connectivity index (χ4v) is 1.63. The van der Waals surface area contributed by atoms with Crippen LogP contribution in [0.25, 0.3) is 0 Å². The van der Waals surface area contributed by atoms with Crippen LogP contribution in [0.1, 0.15) is 13.8 Å². The van der Waals surface area contributed by atoms with Gasteiger partial charge >= 0.3 is 0 Å². The Hall–Kier alpha value is 0.790. The van der Waals surface area contributed by atoms with Crippen LogP contribution in [-0.2, 0) is 0 Å². The monoisotopic (exact) mass is 166 g/mol. The van der Waals surface area contributed by atoms with E-state index < -0.39 is 0 Å². The van der Waals surface area contributed by atoms with Crippen molar-refractivity contribution in [3.63, 3.8) is 0 Å². The number of rotatable bonds is 3. The average molecular weight is 166 g/mol. The van der Waals surface area contributed by atoms with Gasteiger partial charge in [0.15, 0.2) is 0 Å². The van der Waals surface area contributed by atoms with Crippen LogP contribution < -0.4 is 0 Å². The summed E-state index contributed by atoms with van der Waals surface area (Å²) in [7, 11) is 3.25. The molecule has 8 heavy (non-hydrogen) atoms. The van der Waals surface area contributed by atoms with Crippen LogP contribution >= 0.6 is 32.3 Å². The summed E-state index contributed by atoms with van der Waals surface area (Å²) in [6.07, 6.45) is 2.19. The molecule has 0 atom stereocenters. The van der Waals surface area contributed by atoms with Gasteiger partial charge in [0.25, 0.3) is 0 Å². The molecule has 0 aromatic heterocycles. The largest absolute Gasteiger partial charge is 0.0997 e. The van der Waals surface area contributed by atoms with Crippen molar-refractivity contribution in [1.29, 1.82) is 0 Å². The van der Waals surface area contributed by atoms with Gasteiger partial charge in [-0.3, -0.25) is 0 Å². The molecule has 3 heteroatoms. The SMILES string of the molecule is CC(C)=CCSSS. The second-order valence-corrected chi connectivity index (χ2v) is 4.85. The maximum atomic E-state index is 3.97. The molecule has 0 fully saturated rings. The van der Waals surface area contributed by atoms with E-state index in [9.17, 15) is 0 Å². The standard InChI is InChI=1S/C5H10S3/c1-5(2)3-4-7-8-6/h3,6H,4H2,1-2H3. The minimum Gasteiger partial charge on any atom is -0.0997 e. The van der Waals surface area contributed by atoms with Crippen molar-refractivity contribution in [1.82, 2.24) is 0 Å². The van der Waals surface area contributed by atoms with Crippen LogP contribution in [-0.4, -0.2) is 5.75 Å². The molecule has 0 saturated heterocycles. The van der Waals surface area contributed by atoms with Gasteiger partial charge < -0.3 is 0 Å². The maximum absolute atomic E-state index is 3.97. The maximum Gasteiger partial charge on any atom is 0.0228 e. The van der Waals surface area contributed by atoms with Gasteiger partial charge in [-0.25, -0.2) is 0 Å². The van der Waals surface area contributed by atoms with Crippen LogP contribution in [0.2, 0.25) is 0 Å². The predicted octanol–water partition coefficient (Wildman–Crippen LogP) is 3.18. The van der Waals surface area contributed by atoms with Crippen molar-refractivity contribution < 1.29 is 0 Å². The number of hydrogen-bond donors (Lipinski definition) is 1. The smallest absolute Gasteiger partial charge is 0.0228 e. The average Bonchev–Trinajstić information content (AvgIpc) is 1.66. The van der Waals surface area contributed by atoms with Crippen LogP contribution in [0.15, 0.2) is 11.6 Å². The predicted molar refractivity (Wildman–Crippen MR) is 48.5 cm³/mol. The molecular formula is C5H10S3. The highest BCUT2D eigenvalue weighted by Crippen LogP contribution is 2.24. The molecule has 0 unspecified atom stereocenters. The van der Waals surface area contributed by atoms with Crippen molar-refractivity contribution in [2.24, 2.45) is 0 Å². The second-order valence-electron chi connectivity index (χ2n) is 1.64. The van der Waals surface area contributed by atoms with E-state index in [1.165, 1.54) is 15.4 Å². The quantitative estimate of drug-likeness (QED) is 0.296. The van der Waals surface area contributed by atoms with Crippen molar-refractivity contribution in [3.05, 3.63) is 11.6 Å². The zero-order chi connectivity index (χ0) is 6.41. The second kappa shape index (κ2) is 5.92. The molecule has 0 bridgehead atoms. The minimum absolute atomic E-state index is 1.07. The van der Waals surface area contributed by atoms with Gasteiger partial charge in [-0.05, 0) is 23.7 Å². The van der Waals surface area contributed by atoms with E-state index >= 15 is 0 Å². The molecule has 0 aliphatic heterocycles. The number of hydrogen-bond acceptors (Lipinski definition) is 3. The van der Waals surface area contributed by atoms with E-state index in [2.05, 4.69) is 31.6 Å². The Kier molecular flexibility index (Phi) is 6.50. The molecule has 0 saturated carbocycles. The third-order valence-electron chi connectivity index (χ3n) is 0.612. The highest BCUT2D eigenvalue weighted by Gasteiger charge is 1.79. The summed E-state index contributed by atoms with van der Waals surface area (Å²) in [6, 6.07) is 0. The van der Waals surface area contributed by atoms with Gasteiger partial charge in [0.05, 0.1) is 0 Å². The van der Waals surface area contributed by atoms with E-state index in [0.717, 1.165) is 5.75 Å². The third-order valence-corrected chi connectivity index (χ3v) is 2.69. The normalized spacial score (nSPS) is 8.88. The molecular weight excluding hydrogens is 156 g/mol. The summed E-state index contributed by atoms with van der Waals surface area (Å²) >= 11 is 3.97. The molecule has 0 nitrogen and oxygen atoms in total. The molecule has 0 heterocycles. The highest BCUT2D eigenvalue weighted by atomic mass is 33.5. The van der Waals surface area contributed by atoms with Crippen LogP contribution in [0.4, 0.5) is 0 Å². The van der Waals surface area contributed by atoms with Crippen molar-refractivity contribution in [2.75, 3.05) is 5.75 Å². The fraction of sp³-hybridized carbons (Fsp3) is 0.600. The van der Waals surface area contributed by atoms with Gasteiger partial charge in [-0.15, -0.1) is 0 Å². The first-order chi connectivity index (χ1) is 3.77. The molecule has 0 radical (unpaired) electrons. The van der Waals surface area contributed by atoms with Gasteiger partial charge in [-0.1, -0.05) is 34.1 Å². The molecule has 0 aliphatic carbocycles. The van der Waals surface area contributed by atoms with E-state index in [4.69, 9.17) is 0 Å². The lowest BCUT2D eigenvalue weighted by atomic mass is 10.3. The molecule has 0 spiro atoms. The zero-order valence-corrected chi connectivity index (χ0v) is 7.58. The van der Waals surface area contributed by atoms with Crippen molar-refractivity contribution >= 4 is 32.3 Å². The first-order valence-corrected chi connectivity index (χ1v) is 5.71. The van der Waals surface area contributed by atoms with Gasteiger partial charge in [0.2, 0.25) is 0 Å². The summed E-state index contributed by atoms with van der Waals surface area (Å²) in [6.45, 7) is 4.20. The Morgan fingerprint density at radius 1 is 1.62 bits per heavy atom. The Morgan fingerprint density at radius 2 is 2.25 bits per heavy atom. The summed E-state index contributed by atoms with van der Waals surface area (Å²) in [4.78, 5) is 0.